The molecule has 8 heteroatoms. The Labute approximate surface area is 142 Å². The number of carboxylic acid groups (broad SMARTS) is 1. The van der Waals surface area contributed by atoms with Gasteiger partial charge in [0.05, 0.1) is 12.1 Å². The minimum absolute atomic E-state index is 0.00994. The van der Waals surface area contributed by atoms with E-state index in [9.17, 15) is 19.2 Å². The molecule has 0 aromatic heterocycles. The molecule has 0 rings (SSSR count). The maximum absolute atomic E-state index is 12.3. The summed E-state index contributed by atoms with van der Waals surface area (Å²) in [4.78, 5) is 45.9. The Morgan fingerprint density at radius 2 is 1.75 bits per heavy atom. The van der Waals surface area contributed by atoms with Gasteiger partial charge in [0, 0.05) is 6.42 Å². The molecule has 0 saturated carbocycles. The van der Waals surface area contributed by atoms with Gasteiger partial charge in [-0.15, -0.1) is 0 Å². The molecule has 3 atom stereocenters. The second kappa shape index (κ2) is 11.6. The van der Waals surface area contributed by atoms with Crippen molar-refractivity contribution in [3.8, 4) is 0 Å². The van der Waals surface area contributed by atoms with Gasteiger partial charge in [0.2, 0.25) is 11.8 Å². The van der Waals surface area contributed by atoms with Crippen LogP contribution in [0.2, 0.25) is 0 Å². The van der Waals surface area contributed by atoms with Gasteiger partial charge >= 0.3 is 5.97 Å². The Bertz CT molecular complexity index is 439. The summed E-state index contributed by atoms with van der Waals surface area (Å²) in [6, 6.07) is -2.40. The highest BCUT2D eigenvalue weighted by Crippen LogP contribution is 2.07. The van der Waals surface area contributed by atoms with E-state index in [0.29, 0.717) is 19.1 Å². The maximum atomic E-state index is 12.3. The van der Waals surface area contributed by atoms with Crippen molar-refractivity contribution in [2.24, 2.45) is 11.7 Å². The second-order valence-corrected chi connectivity index (χ2v) is 6.27. The average molecular weight is 343 g/mol. The van der Waals surface area contributed by atoms with Crippen molar-refractivity contribution < 1.29 is 24.3 Å². The van der Waals surface area contributed by atoms with E-state index in [1.165, 1.54) is 0 Å². The molecule has 0 spiro atoms. The van der Waals surface area contributed by atoms with Crippen LogP contribution in [-0.2, 0) is 19.2 Å². The first-order valence-corrected chi connectivity index (χ1v) is 8.24. The fourth-order valence-corrected chi connectivity index (χ4v) is 2.16. The van der Waals surface area contributed by atoms with Crippen molar-refractivity contribution in [2.75, 3.05) is 0 Å². The van der Waals surface area contributed by atoms with E-state index in [4.69, 9.17) is 10.8 Å². The molecule has 0 heterocycles. The molecule has 0 bridgehead atoms. The molecule has 8 nitrogen and oxygen atoms in total. The third kappa shape index (κ3) is 9.24. The minimum atomic E-state index is -1.04. The maximum Gasteiger partial charge on any atom is 0.303 e. The molecule has 2 amide bonds. The predicted molar refractivity (Wildman–Crippen MR) is 89.1 cm³/mol. The van der Waals surface area contributed by atoms with Crippen LogP contribution in [0.25, 0.3) is 0 Å². The van der Waals surface area contributed by atoms with E-state index in [1.807, 2.05) is 20.8 Å². The van der Waals surface area contributed by atoms with Crippen LogP contribution in [0.3, 0.4) is 0 Å². The number of nitrogens with two attached hydrogens (primary N) is 1. The predicted octanol–water partition coefficient (Wildman–Crippen LogP) is 0.193. The van der Waals surface area contributed by atoms with Crippen LogP contribution < -0.4 is 16.4 Å². The largest absolute Gasteiger partial charge is 0.481 e. The first-order valence-electron chi connectivity index (χ1n) is 8.24. The fourth-order valence-electron chi connectivity index (χ4n) is 2.16. The van der Waals surface area contributed by atoms with E-state index < -0.39 is 35.9 Å². The number of amides is 2. The number of aliphatic carboxylic acids is 1. The quantitative estimate of drug-likeness (QED) is 0.373. The molecule has 0 aromatic carbocycles. The second-order valence-electron chi connectivity index (χ2n) is 6.27. The minimum Gasteiger partial charge on any atom is -0.481 e. The topological polar surface area (TPSA) is 139 Å². The van der Waals surface area contributed by atoms with Crippen LogP contribution in [-0.4, -0.2) is 47.3 Å². The Balaban J connectivity index is 4.80. The Hall–Kier alpha value is -1.96. The van der Waals surface area contributed by atoms with Crippen LogP contribution in [0.1, 0.15) is 52.9 Å². The van der Waals surface area contributed by atoms with E-state index in [0.717, 1.165) is 6.42 Å². The number of carboxylic acids is 1. The molecule has 0 aromatic rings. The van der Waals surface area contributed by atoms with Gasteiger partial charge in [-0.25, -0.2) is 0 Å². The SMILES string of the molecule is CCC[C@@H](C=O)NC(=O)[C@H](CC(C)C)NC(=O)[C@@H](N)CCC(=O)O. The van der Waals surface area contributed by atoms with Crippen molar-refractivity contribution >= 4 is 24.1 Å². The third-order valence-corrected chi connectivity index (χ3v) is 3.44. The summed E-state index contributed by atoms with van der Waals surface area (Å²) in [7, 11) is 0. The van der Waals surface area contributed by atoms with Crippen molar-refractivity contribution in [3.05, 3.63) is 0 Å². The first-order chi connectivity index (χ1) is 11.2. The molecular formula is C16H29N3O5. The van der Waals surface area contributed by atoms with Gasteiger partial charge in [-0.1, -0.05) is 27.2 Å². The van der Waals surface area contributed by atoms with Gasteiger partial charge in [-0.3, -0.25) is 14.4 Å². The number of aldehydes is 1. The van der Waals surface area contributed by atoms with Crippen LogP contribution >= 0.6 is 0 Å². The third-order valence-electron chi connectivity index (χ3n) is 3.44. The normalized spacial score (nSPS) is 14.5. The number of hydrogen-bond acceptors (Lipinski definition) is 5. The molecule has 0 aliphatic rings. The van der Waals surface area contributed by atoms with Crippen molar-refractivity contribution in [1.82, 2.24) is 10.6 Å². The highest BCUT2D eigenvalue weighted by molar-refractivity contribution is 5.90. The van der Waals surface area contributed by atoms with Crippen LogP contribution in [0.5, 0.6) is 0 Å². The molecule has 0 radical (unpaired) electrons. The fraction of sp³-hybridized carbons (Fsp3) is 0.750. The molecule has 0 fully saturated rings. The average Bonchev–Trinajstić information content (AvgIpc) is 2.50. The molecule has 0 aliphatic carbocycles. The van der Waals surface area contributed by atoms with E-state index in [2.05, 4.69) is 10.6 Å². The molecule has 24 heavy (non-hydrogen) atoms. The highest BCUT2D eigenvalue weighted by atomic mass is 16.4. The highest BCUT2D eigenvalue weighted by Gasteiger charge is 2.26. The summed E-state index contributed by atoms with van der Waals surface area (Å²) in [5, 5.41) is 13.8. The van der Waals surface area contributed by atoms with Gasteiger partial charge in [0.1, 0.15) is 12.3 Å². The molecule has 138 valence electrons. The number of hydrogen-bond donors (Lipinski definition) is 4. The zero-order valence-corrected chi connectivity index (χ0v) is 14.6. The Morgan fingerprint density at radius 1 is 1.12 bits per heavy atom. The lowest BCUT2D eigenvalue weighted by Gasteiger charge is -2.23. The van der Waals surface area contributed by atoms with E-state index >= 15 is 0 Å². The lowest BCUT2D eigenvalue weighted by molar-refractivity contribution is -0.137. The summed E-state index contributed by atoms with van der Waals surface area (Å²) in [6.45, 7) is 5.71. The lowest BCUT2D eigenvalue weighted by atomic mass is 10.0. The number of nitrogens with one attached hydrogen (secondary N) is 2. The Kier molecular flexibility index (Phi) is 10.6. The number of rotatable bonds is 12. The number of carbonyl (C=O) groups excluding carboxylic acids is 3. The number of carbonyl (C=O) groups is 4. The lowest BCUT2D eigenvalue weighted by Crippen LogP contribution is -2.54. The summed E-state index contributed by atoms with van der Waals surface area (Å²) in [5.41, 5.74) is 5.66. The molecule has 0 unspecified atom stereocenters. The van der Waals surface area contributed by atoms with Gasteiger partial charge in [-0.2, -0.15) is 0 Å². The monoisotopic (exact) mass is 343 g/mol. The van der Waals surface area contributed by atoms with Crippen molar-refractivity contribution in [3.63, 3.8) is 0 Å². The van der Waals surface area contributed by atoms with E-state index in [1.54, 1.807) is 0 Å². The zero-order valence-electron chi connectivity index (χ0n) is 14.6. The van der Waals surface area contributed by atoms with Crippen molar-refractivity contribution in [1.29, 1.82) is 0 Å². The van der Waals surface area contributed by atoms with Crippen LogP contribution in [0, 0.1) is 5.92 Å². The van der Waals surface area contributed by atoms with Gasteiger partial charge in [-0.05, 0) is 25.2 Å². The molecular weight excluding hydrogens is 314 g/mol. The van der Waals surface area contributed by atoms with Crippen LogP contribution in [0.15, 0.2) is 0 Å². The zero-order chi connectivity index (χ0) is 18.7. The summed E-state index contributed by atoms with van der Waals surface area (Å²) in [5.74, 6) is -1.91. The molecule has 5 N–H and O–H groups in total. The van der Waals surface area contributed by atoms with Gasteiger partial charge in [0.25, 0.3) is 0 Å². The van der Waals surface area contributed by atoms with E-state index in [-0.39, 0.29) is 18.8 Å². The van der Waals surface area contributed by atoms with Crippen LogP contribution in [0.4, 0.5) is 0 Å². The molecule has 0 saturated heterocycles. The summed E-state index contributed by atoms with van der Waals surface area (Å²) in [6.07, 6.45) is 2.10. The summed E-state index contributed by atoms with van der Waals surface area (Å²) < 4.78 is 0. The van der Waals surface area contributed by atoms with Gasteiger partial charge in [0.15, 0.2) is 0 Å². The standard InChI is InChI=1S/C16H29N3O5/c1-4-5-11(9-20)18-16(24)13(8-10(2)3)19-15(23)12(17)6-7-14(21)22/h9-13H,4-8,17H2,1-3H3,(H,18,24)(H,19,23)(H,21,22)/t11-,12-,13-/m0/s1. The smallest absolute Gasteiger partial charge is 0.303 e. The van der Waals surface area contributed by atoms with Gasteiger partial charge < -0.3 is 26.3 Å². The summed E-state index contributed by atoms with van der Waals surface area (Å²) >= 11 is 0. The Morgan fingerprint density at radius 3 is 2.21 bits per heavy atom. The first kappa shape index (κ1) is 22.0. The van der Waals surface area contributed by atoms with Crippen molar-refractivity contribution in [2.45, 2.75) is 71.0 Å². The molecule has 0 aliphatic heterocycles.